The minimum absolute atomic E-state index is 0.128. The summed E-state index contributed by atoms with van der Waals surface area (Å²) in [5, 5.41) is 6.13. The number of nitrogens with one attached hydrogen (secondary N) is 2. The van der Waals surface area contributed by atoms with Crippen LogP contribution in [0, 0.1) is 0 Å². The third-order valence-electron chi connectivity index (χ3n) is 2.25. The van der Waals surface area contributed by atoms with Crippen LogP contribution in [0.1, 0.15) is 47.0 Å². The molecule has 0 aromatic rings. The van der Waals surface area contributed by atoms with E-state index in [0.29, 0.717) is 18.6 Å². The monoisotopic (exact) mass is 244 g/mol. The Bertz CT molecular complexity index is 194. The Morgan fingerprint density at radius 3 is 2.41 bits per heavy atom. The summed E-state index contributed by atoms with van der Waals surface area (Å²) in [5.41, 5.74) is 0. The van der Waals surface area contributed by atoms with Crippen molar-refractivity contribution < 1.29 is 9.53 Å². The van der Waals surface area contributed by atoms with Crippen LogP contribution in [-0.4, -0.2) is 37.7 Å². The van der Waals surface area contributed by atoms with Gasteiger partial charge in [0, 0.05) is 32.2 Å². The van der Waals surface area contributed by atoms with Gasteiger partial charge in [-0.2, -0.15) is 0 Å². The van der Waals surface area contributed by atoms with Crippen LogP contribution in [-0.2, 0) is 9.53 Å². The van der Waals surface area contributed by atoms with Gasteiger partial charge in [0.05, 0.1) is 6.10 Å². The van der Waals surface area contributed by atoms with Crippen LogP contribution in [0.15, 0.2) is 0 Å². The molecule has 0 aromatic carbocycles. The van der Waals surface area contributed by atoms with Crippen molar-refractivity contribution in [2.75, 3.05) is 19.7 Å². The first kappa shape index (κ1) is 16.4. The Labute approximate surface area is 105 Å². The molecule has 4 nitrogen and oxygen atoms in total. The lowest BCUT2D eigenvalue weighted by atomic mass is 10.3. The van der Waals surface area contributed by atoms with E-state index in [4.69, 9.17) is 4.74 Å². The van der Waals surface area contributed by atoms with E-state index in [0.717, 1.165) is 32.5 Å². The van der Waals surface area contributed by atoms with E-state index in [1.54, 1.807) is 0 Å². The van der Waals surface area contributed by atoms with Gasteiger partial charge in [-0.05, 0) is 26.7 Å². The highest BCUT2D eigenvalue weighted by Gasteiger charge is 2.01. The minimum atomic E-state index is 0.128. The summed E-state index contributed by atoms with van der Waals surface area (Å²) in [6.07, 6.45) is 2.84. The molecule has 0 saturated heterocycles. The number of carbonyl (C=O) groups excluding carboxylic acids is 1. The van der Waals surface area contributed by atoms with Gasteiger partial charge in [-0.1, -0.05) is 13.8 Å². The van der Waals surface area contributed by atoms with Crippen LogP contribution < -0.4 is 10.6 Å². The Hall–Kier alpha value is -0.610. The highest BCUT2D eigenvalue weighted by molar-refractivity contribution is 5.75. The molecule has 17 heavy (non-hydrogen) atoms. The third kappa shape index (κ3) is 13.3. The molecule has 0 unspecified atom stereocenters. The number of unbranched alkanes of at least 4 members (excludes halogenated alkanes) is 1. The molecule has 0 saturated carbocycles. The number of carbonyl (C=O) groups is 1. The van der Waals surface area contributed by atoms with Crippen molar-refractivity contribution in [1.29, 1.82) is 0 Å². The van der Waals surface area contributed by atoms with Crippen LogP contribution in [0.25, 0.3) is 0 Å². The lowest BCUT2D eigenvalue weighted by molar-refractivity contribution is -0.121. The fraction of sp³-hybridized carbons (Fsp3) is 0.923. The first-order valence-electron chi connectivity index (χ1n) is 6.64. The van der Waals surface area contributed by atoms with Crippen molar-refractivity contribution in [3.05, 3.63) is 0 Å². The van der Waals surface area contributed by atoms with E-state index >= 15 is 0 Å². The number of rotatable bonds is 10. The van der Waals surface area contributed by atoms with Crippen LogP contribution in [0.2, 0.25) is 0 Å². The Morgan fingerprint density at radius 1 is 1.12 bits per heavy atom. The van der Waals surface area contributed by atoms with Gasteiger partial charge in [0.25, 0.3) is 0 Å². The topological polar surface area (TPSA) is 50.4 Å². The van der Waals surface area contributed by atoms with Gasteiger partial charge in [0.2, 0.25) is 5.91 Å². The number of ether oxygens (including phenoxy) is 1. The maximum absolute atomic E-state index is 11.4. The second kappa shape index (κ2) is 10.5. The molecule has 0 heterocycles. The van der Waals surface area contributed by atoms with E-state index in [9.17, 15) is 4.79 Å². The maximum Gasteiger partial charge on any atom is 0.221 e. The molecule has 0 bridgehead atoms. The third-order valence-corrected chi connectivity index (χ3v) is 2.25. The smallest absolute Gasteiger partial charge is 0.221 e. The van der Waals surface area contributed by atoms with E-state index < -0.39 is 0 Å². The molecule has 0 rings (SSSR count). The molecule has 0 aromatic heterocycles. The minimum Gasteiger partial charge on any atom is -0.379 e. The number of hydrogen-bond donors (Lipinski definition) is 2. The average molecular weight is 244 g/mol. The van der Waals surface area contributed by atoms with Crippen LogP contribution in [0.3, 0.4) is 0 Å². The lowest BCUT2D eigenvalue weighted by Gasteiger charge is -2.09. The molecule has 2 N–H and O–H groups in total. The Kier molecular flexibility index (Phi) is 10.2. The summed E-state index contributed by atoms with van der Waals surface area (Å²) in [6, 6.07) is 0.441. The SMILES string of the molecule is CC(C)NCCC(=O)NCCCCOC(C)C. The highest BCUT2D eigenvalue weighted by atomic mass is 16.5. The number of hydrogen-bond acceptors (Lipinski definition) is 3. The zero-order valence-corrected chi connectivity index (χ0v) is 11.7. The van der Waals surface area contributed by atoms with Gasteiger partial charge in [-0.15, -0.1) is 0 Å². The lowest BCUT2D eigenvalue weighted by Crippen LogP contribution is -2.31. The average Bonchev–Trinajstić information content (AvgIpc) is 2.22. The zero-order valence-electron chi connectivity index (χ0n) is 11.7. The largest absolute Gasteiger partial charge is 0.379 e. The predicted octanol–water partition coefficient (Wildman–Crippen LogP) is 1.70. The van der Waals surface area contributed by atoms with E-state index in [-0.39, 0.29) is 5.91 Å². The van der Waals surface area contributed by atoms with Crippen LogP contribution in [0.4, 0.5) is 0 Å². The summed E-state index contributed by atoms with van der Waals surface area (Å²) < 4.78 is 5.42. The van der Waals surface area contributed by atoms with Gasteiger partial charge in [-0.25, -0.2) is 0 Å². The van der Waals surface area contributed by atoms with Crippen molar-refractivity contribution in [2.45, 2.75) is 59.1 Å². The second-order valence-corrected chi connectivity index (χ2v) is 4.84. The summed E-state index contributed by atoms with van der Waals surface area (Å²) >= 11 is 0. The van der Waals surface area contributed by atoms with Gasteiger partial charge in [0.15, 0.2) is 0 Å². The quantitative estimate of drug-likeness (QED) is 0.575. The standard InChI is InChI=1S/C13H28N2O2/c1-11(2)14-9-7-13(16)15-8-5-6-10-17-12(3)4/h11-12,14H,5-10H2,1-4H3,(H,15,16). The van der Waals surface area contributed by atoms with Gasteiger partial charge in [0.1, 0.15) is 0 Å². The molecule has 4 heteroatoms. The van der Waals surface area contributed by atoms with E-state index in [2.05, 4.69) is 24.5 Å². The van der Waals surface area contributed by atoms with Crippen LogP contribution in [0.5, 0.6) is 0 Å². The summed E-state index contributed by atoms with van der Waals surface area (Å²) in [6.45, 7) is 10.5. The van der Waals surface area contributed by atoms with Crippen molar-refractivity contribution in [3.8, 4) is 0 Å². The molecule has 0 aliphatic carbocycles. The maximum atomic E-state index is 11.4. The van der Waals surface area contributed by atoms with Crippen molar-refractivity contribution >= 4 is 5.91 Å². The highest BCUT2D eigenvalue weighted by Crippen LogP contribution is 1.93. The second-order valence-electron chi connectivity index (χ2n) is 4.84. The van der Waals surface area contributed by atoms with Crippen molar-refractivity contribution in [2.24, 2.45) is 0 Å². The molecular formula is C13H28N2O2. The molecule has 0 radical (unpaired) electrons. The molecule has 0 fully saturated rings. The fourth-order valence-corrected chi connectivity index (χ4v) is 1.34. The predicted molar refractivity (Wildman–Crippen MR) is 71.1 cm³/mol. The van der Waals surface area contributed by atoms with Crippen molar-refractivity contribution in [1.82, 2.24) is 10.6 Å². The van der Waals surface area contributed by atoms with Gasteiger partial charge in [-0.3, -0.25) is 4.79 Å². The van der Waals surface area contributed by atoms with E-state index in [1.807, 2.05) is 13.8 Å². The summed E-state index contributed by atoms with van der Waals surface area (Å²) in [5.74, 6) is 0.128. The zero-order chi connectivity index (χ0) is 13.1. The normalized spacial score (nSPS) is 11.2. The molecular weight excluding hydrogens is 216 g/mol. The molecule has 0 aliphatic rings. The Balaban J connectivity index is 3.22. The molecule has 0 atom stereocenters. The van der Waals surface area contributed by atoms with Crippen molar-refractivity contribution in [3.63, 3.8) is 0 Å². The Morgan fingerprint density at radius 2 is 1.82 bits per heavy atom. The van der Waals surface area contributed by atoms with Crippen LogP contribution >= 0.6 is 0 Å². The molecule has 102 valence electrons. The number of amides is 1. The fourth-order valence-electron chi connectivity index (χ4n) is 1.34. The molecule has 0 spiro atoms. The molecule has 1 amide bonds. The summed E-state index contributed by atoms with van der Waals surface area (Å²) in [7, 11) is 0. The van der Waals surface area contributed by atoms with Gasteiger partial charge < -0.3 is 15.4 Å². The first-order chi connectivity index (χ1) is 8.02. The van der Waals surface area contributed by atoms with E-state index in [1.165, 1.54) is 0 Å². The first-order valence-corrected chi connectivity index (χ1v) is 6.64. The molecule has 0 aliphatic heterocycles. The summed E-state index contributed by atoms with van der Waals surface area (Å²) in [4.78, 5) is 11.4. The van der Waals surface area contributed by atoms with Gasteiger partial charge >= 0.3 is 0 Å².